The Bertz CT molecular complexity index is 1700. The van der Waals surface area contributed by atoms with Gasteiger partial charge in [-0.15, -0.1) is 22.7 Å². The lowest BCUT2D eigenvalue weighted by molar-refractivity contribution is 0.164. The van der Waals surface area contributed by atoms with Crippen molar-refractivity contribution in [2.45, 2.75) is 5.60 Å². The van der Waals surface area contributed by atoms with Gasteiger partial charge in [-0.3, -0.25) is 0 Å². The van der Waals surface area contributed by atoms with E-state index >= 15 is 0 Å². The first kappa shape index (κ1) is 19.9. The molecule has 0 spiro atoms. The molecule has 0 bridgehead atoms. The first-order valence-electron chi connectivity index (χ1n) is 10.9. The zero-order valence-corrected chi connectivity index (χ0v) is 19.4. The molecule has 4 aromatic carbocycles. The van der Waals surface area contributed by atoms with E-state index in [1.807, 2.05) is 12.1 Å². The zero-order chi connectivity index (χ0) is 22.9. The predicted molar refractivity (Wildman–Crippen MR) is 138 cm³/mol. The van der Waals surface area contributed by atoms with Crippen LogP contribution >= 0.6 is 22.7 Å². The molecule has 2 aromatic heterocycles. The molecule has 0 fully saturated rings. The number of fused-ring (bicyclic) bond motifs is 8. The number of hydrogen-bond donors (Lipinski definition) is 0. The maximum absolute atomic E-state index is 13.8. The first-order valence-corrected chi connectivity index (χ1v) is 12.6. The monoisotopic (exact) mass is 482 g/mol. The lowest BCUT2D eigenvalue weighted by atomic mass is 9.83. The summed E-state index contributed by atoms with van der Waals surface area (Å²) < 4.78 is 38.2. The summed E-state index contributed by atoms with van der Waals surface area (Å²) in [6.07, 6.45) is 4.10. The average Bonchev–Trinajstić information content (AvgIpc) is 3.47. The van der Waals surface area contributed by atoms with Gasteiger partial charge in [-0.2, -0.15) is 0 Å². The molecule has 6 aromatic rings. The lowest BCUT2D eigenvalue weighted by Gasteiger charge is -2.36. The number of halogens is 2. The van der Waals surface area contributed by atoms with E-state index in [0.717, 1.165) is 32.5 Å². The van der Waals surface area contributed by atoms with Crippen molar-refractivity contribution < 1.29 is 13.5 Å². The van der Waals surface area contributed by atoms with E-state index < -0.39 is 5.60 Å². The number of thiophene rings is 2. The molecule has 1 nitrogen and oxygen atoms in total. The highest BCUT2D eigenvalue weighted by Crippen LogP contribution is 2.52. The number of benzene rings is 4. The van der Waals surface area contributed by atoms with Crippen LogP contribution in [-0.2, 0) is 5.60 Å². The molecule has 0 aliphatic carbocycles. The Morgan fingerprint density at radius 2 is 1.35 bits per heavy atom. The maximum Gasteiger partial charge on any atom is 0.178 e. The van der Waals surface area contributed by atoms with Gasteiger partial charge in [-0.05, 0) is 58.6 Å². The topological polar surface area (TPSA) is 9.23 Å². The van der Waals surface area contributed by atoms with E-state index in [4.69, 9.17) is 4.74 Å². The van der Waals surface area contributed by atoms with Crippen LogP contribution in [0.4, 0.5) is 8.78 Å². The molecule has 0 unspecified atom stereocenters. The molecule has 0 amide bonds. The SMILES string of the molecule is Fc1ccc(C2(c3ccc(F)cc3)C=Cc3c(c4sc5ccsc5c4c4ccccc34)O2)cc1. The molecular formula is C29H16F2OS2. The molecule has 3 heterocycles. The van der Waals surface area contributed by atoms with Crippen molar-refractivity contribution in [3.63, 3.8) is 0 Å². The van der Waals surface area contributed by atoms with Crippen LogP contribution in [0.25, 0.3) is 36.3 Å². The normalized spacial score (nSPS) is 14.5. The van der Waals surface area contributed by atoms with Crippen molar-refractivity contribution in [3.8, 4) is 5.75 Å². The summed E-state index contributed by atoms with van der Waals surface area (Å²) in [5.74, 6) is 0.174. The fraction of sp³-hybridized carbons (Fsp3) is 0.0345. The van der Waals surface area contributed by atoms with Gasteiger partial charge in [0.05, 0.1) is 9.40 Å². The third-order valence-corrected chi connectivity index (χ3v) is 8.74. The van der Waals surface area contributed by atoms with Gasteiger partial charge in [0.25, 0.3) is 0 Å². The van der Waals surface area contributed by atoms with Crippen molar-refractivity contribution in [2.75, 3.05) is 0 Å². The molecule has 0 saturated heterocycles. The van der Waals surface area contributed by atoms with Crippen LogP contribution in [0.1, 0.15) is 16.7 Å². The zero-order valence-electron chi connectivity index (χ0n) is 17.7. The molecule has 1 aliphatic rings. The standard InChI is InChI=1S/C29H16F2OS2/c30-19-9-5-17(6-10-19)29(18-7-11-20(31)12-8-18)15-13-23-21-3-1-2-4-22(21)25-27-24(14-16-33-27)34-28(25)26(23)32-29/h1-16H. The van der Waals surface area contributed by atoms with Gasteiger partial charge in [-0.25, -0.2) is 8.78 Å². The fourth-order valence-electron chi connectivity index (χ4n) is 4.94. The minimum Gasteiger partial charge on any atom is -0.471 e. The van der Waals surface area contributed by atoms with Crippen molar-refractivity contribution in [3.05, 3.63) is 119 Å². The average molecular weight is 483 g/mol. The predicted octanol–water partition coefficient (Wildman–Crippen LogP) is 8.90. The Hall–Kier alpha value is -3.54. The van der Waals surface area contributed by atoms with Gasteiger partial charge in [0.2, 0.25) is 0 Å². The van der Waals surface area contributed by atoms with E-state index in [1.165, 1.54) is 44.4 Å². The number of rotatable bonds is 2. The second-order valence-electron chi connectivity index (χ2n) is 8.39. The summed E-state index contributed by atoms with van der Waals surface area (Å²) in [7, 11) is 0. The summed E-state index contributed by atoms with van der Waals surface area (Å²) in [4.78, 5) is 0. The Morgan fingerprint density at radius 1 is 0.706 bits per heavy atom. The second-order valence-corrected chi connectivity index (χ2v) is 10.4. The van der Waals surface area contributed by atoms with Crippen LogP contribution in [0.2, 0.25) is 0 Å². The minimum absolute atomic E-state index is 0.315. The van der Waals surface area contributed by atoms with Gasteiger partial charge in [-0.1, -0.05) is 48.5 Å². The van der Waals surface area contributed by atoms with Crippen LogP contribution in [0.3, 0.4) is 0 Å². The lowest BCUT2D eigenvalue weighted by Crippen LogP contribution is -2.34. The summed E-state index contributed by atoms with van der Waals surface area (Å²) in [6.45, 7) is 0. The summed E-state index contributed by atoms with van der Waals surface area (Å²) in [5.41, 5.74) is 1.57. The molecule has 1 aliphatic heterocycles. The van der Waals surface area contributed by atoms with Crippen LogP contribution in [0.15, 0.2) is 90.3 Å². The third-order valence-electron chi connectivity index (χ3n) is 6.53. The molecule has 7 rings (SSSR count). The van der Waals surface area contributed by atoms with Crippen LogP contribution in [-0.4, -0.2) is 0 Å². The van der Waals surface area contributed by atoms with Gasteiger partial charge in [0.1, 0.15) is 17.4 Å². The van der Waals surface area contributed by atoms with Crippen LogP contribution in [0, 0.1) is 11.6 Å². The van der Waals surface area contributed by atoms with Crippen molar-refractivity contribution in [2.24, 2.45) is 0 Å². The summed E-state index contributed by atoms with van der Waals surface area (Å²) >= 11 is 3.46. The molecule has 0 radical (unpaired) electrons. The highest BCUT2D eigenvalue weighted by Gasteiger charge is 2.39. The molecule has 0 saturated carbocycles. The molecule has 34 heavy (non-hydrogen) atoms. The van der Waals surface area contributed by atoms with E-state index in [1.54, 1.807) is 46.9 Å². The van der Waals surface area contributed by atoms with Gasteiger partial charge < -0.3 is 4.74 Å². The van der Waals surface area contributed by atoms with Crippen LogP contribution < -0.4 is 4.74 Å². The third kappa shape index (κ3) is 2.74. The Labute approximate surface area is 202 Å². The smallest absolute Gasteiger partial charge is 0.178 e. The molecular weight excluding hydrogens is 466 g/mol. The number of hydrogen-bond acceptors (Lipinski definition) is 3. The Morgan fingerprint density at radius 3 is 2.03 bits per heavy atom. The Kier molecular flexibility index (Phi) is 4.23. The minimum atomic E-state index is -1.01. The van der Waals surface area contributed by atoms with Crippen LogP contribution in [0.5, 0.6) is 5.75 Å². The van der Waals surface area contributed by atoms with E-state index in [0.29, 0.717) is 0 Å². The maximum atomic E-state index is 13.8. The highest BCUT2D eigenvalue weighted by atomic mass is 32.1. The van der Waals surface area contributed by atoms with E-state index in [9.17, 15) is 8.78 Å². The molecule has 0 N–H and O–H groups in total. The van der Waals surface area contributed by atoms with Crippen molar-refractivity contribution in [1.29, 1.82) is 0 Å². The summed E-state index contributed by atoms with van der Waals surface area (Å²) in [5, 5.41) is 5.65. The summed E-state index contributed by atoms with van der Waals surface area (Å²) in [6, 6.07) is 23.2. The van der Waals surface area contributed by atoms with Gasteiger partial charge in [0, 0.05) is 26.8 Å². The van der Waals surface area contributed by atoms with E-state index in [2.05, 4.69) is 35.7 Å². The largest absolute Gasteiger partial charge is 0.471 e. The molecule has 0 atom stereocenters. The van der Waals surface area contributed by atoms with Gasteiger partial charge in [0.15, 0.2) is 5.60 Å². The first-order chi connectivity index (χ1) is 16.6. The molecule has 5 heteroatoms. The quantitative estimate of drug-likeness (QED) is 0.239. The van der Waals surface area contributed by atoms with Crippen molar-refractivity contribution >= 4 is 59.0 Å². The number of ether oxygens (including phenoxy) is 1. The molecule has 164 valence electrons. The fourth-order valence-corrected chi connectivity index (χ4v) is 7.33. The van der Waals surface area contributed by atoms with E-state index in [-0.39, 0.29) is 11.6 Å². The van der Waals surface area contributed by atoms with Crippen molar-refractivity contribution in [1.82, 2.24) is 0 Å². The Balaban J connectivity index is 1.57. The highest BCUT2D eigenvalue weighted by molar-refractivity contribution is 7.32. The van der Waals surface area contributed by atoms with Gasteiger partial charge >= 0.3 is 0 Å². The second kappa shape index (κ2) is 7.23.